The Morgan fingerprint density at radius 3 is 2.76 bits per heavy atom. The van der Waals surface area contributed by atoms with Crippen molar-refractivity contribution in [1.82, 2.24) is 4.90 Å². The number of ether oxygens (including phenoxy) is 1. The van der Waals surface area contributed by atoms with Gasteiger partial charge in [0.1, 0.15) is 0 Å². The fourth-order valence-electron chi connectivity index (χ4n) is 1.31. The van der Waals surface area contributed by atoms with Crippen LogP contribution in [0.4, 0.5) is 5.69 Å². The molecule has 1 aromatic rings. The van der Waals surface area contributed by atoms with Crippen LogP contribution in [-0.4, -0.2) is 44.4 Å². The van der Waals surface area contributed by atoms with E-state index in [1.165, 1.54) is 0 Å². The number of nitrogens with two attached hydrogens (primary N) is 1. The molecule has 0 spiro atoms. The lowest BCUT2D eigenvalue weighted by Crippen LogP contribution is -2.22. The fourth-order valence-corrected chi connectivity index (χ4v) is 2.31. The molecule has 0 atom stereocenters. The lowest BCUT2D eigenvalue weighted by atomic mass is 10.2. The number of amides is 1. The zero-order chi connectivity index (χ0) is 12.8. The maximum Gasteiger partial charge on any atom is 0.254 e. The predicted molar refractivity (Wildman–Crippen MR) is 71.5 cm³/mol. The van der Waals surface area contributed by atoms with Crippen molar-refractivity contribution in [3.63, 3.8) is 0 Å². The van der Waals surface area contributed by atoms with Crippen LogP contribution < -0.4 is 5.73 Å². The summed E-state index contributed by atoms with van der Waals surface area (Å²) in [6.45, 7) is 0.648. The van der Waals surface area contributed by atoms with Gasteiger partial charge in [0.15, 0.2) is 0 Å². The quantitative estimate of drug-likeness (QED) is 0.494. The number of nitrogen functional groups attached to an aromatic ring is 1. The molecule has 0 aliphatic carbocycles. The number of methoxy groups -OCH3 is 1. The second-order valence-electron chi connectivity index (χ2n) is 3.80. The van der Waals surface area contributed by atoms with Crippen molar-refractivity contribution in [3.05, 3.63) is 23.8 Å². The predicted octanol–water partition coefficient (Wildman–Crippen LogP) is 1.71. The number of carbonyl (C=O) groups excluding carboxylic acids is 1. The number of thioether (sulfide) groups is 1. The van der Waals surface area contributed by atoms with E-state index >= 15 is 0 Å². The largest absolute Gasteiger partial charge is 0.399 e. The Balaban J connectivity index is 2.91. The highest BCUT2D eigenvalue weighted by molar-refractivity contribution is 7.99. The van der Waals surface area contributed by atoms with Crippen molar-refractivity contribution in [1.29, 1.82) is 0 Å². The molecule has 0 aliphatic rings. The molecule has 0 radical (unpaired) electrons. The van der Waals surface area contributed by atoms with Crippen molar-refractivity contribution in [2.75, 3.05) is 39.3 Å². The summed E-state index contributed by atoms with van der Waals surface area (Å²) < 4.78 is 4.99. The van der Waals surface area contributed by atoms with Crippen LogP contribution in [0.5, 0.6) is 0 Å². The van der Waals surface area contributed by atoms with Gasteiger partial charge >= 0.3 is 0 Å². The maximum absolute atomic E-state index is 11.9. The second-order valence-corrected chi connectivity index (χ2v) is 4.93. The molecule has 0 fully saturated rings. The summed E-state index contributed by atoms with van der Waals surface area (Å²) >= 11 is 1.58. The van der Waals surface area contributed by atoms with Crippen LogP contribution in [0.25, 0.3) is 0 Å². The topological polar surface area (TPSA) is 55.6 Å². The van der Waals surface area contributed by atoms with Gasteiger partial charge in [0.05, 0.1) is 12.2 Å². The summed E-state index contributed by atoms with van der Waals surface area (Å²) in [5, 5.41) is 0. The lowest BCUT2D eigenvalue weighted by molar-refractivity contribution is 0.0824. The van der Waals surface area contributed by atoms with Gasteiger partial charge < -0.3 is 15.4 Å². The Bertz CT molecular complexity index is 394. The van der Waals surface area contributed by atoms with Crippen molar-refractivity contribution in [2.45, 2.75) is 4.90 Å². The normalized spacial score (nSPS) is 10.3. The highest BCUT2D eigenvalue weighted by atomic mass is 32.2. The standard InChI is InChI=1S/C12H18N2O2S/c1-14(2)12(15)10-5-4-9(13)8-11(10)17-7-6-16-3/h4-5,8H,6-7,13H2,1-3H3. The molecule has 5 heteroatoms. The third-order valence-electron chi connectivity index (χ3n) is 2.19. The van der Waals surface area contributed by atoms with Crippen LogP contribution in [-0.2, 0) is 4.74 Å². The Kier molecular flexibility index (Phi) is 5.31. The van der Waals surface area contributed by atoms with Crippen LogP contribution in [0, 0.1) is 0 Å². The molecular weight excluding hydrogens is 236 g/mol. The van der Waals surface area contributed by atoms with E-state index in [0.29, 0.717) is 17.9 Å². The van der Waals surface area contributed by atoms with Gasteiger partial charge in [0, 0.05) is 37.5 Å². The van der Waals surface area contributed by atoms with Crippen molar-refractivity contribution >= 4 is 23.4 Å². The Hall–Kier alpha value is -1.20. The number of rotatable bonds is 5. The van der Waals surface area contributed by atoms with Gasteiger partial charge in [0.2, 0.25) is 0 Å². The first-order valence-electron chi connectivity index (χ1n) is 5.29. The molecule has 0 aliphatic heterocycles. The van der Waals surface area contributed by atoms with Gasteiger partial charge in [-0.15, -0.1) is 11.8 Å². The van der Waals surface area contributed by atoms with Crippen LogP contribution in [0.2, 0.25) is 0 Å². The van der Waals surface area contributed by atoms with Crippen molar-refractivity contribution in [2.24, 2.45) is 0 Å². The monoisotopic (exact) mass is 254 g/mol. The molecule has 1 aromatic carbocycles. The molecule has 17 heavy (non-hydrogen) atoms. The molecule has 0 saturated heterocycles. The van der Waals surface area contributed by atoms with Gasteiger partial charge in [-0.3, -0.25) is 4.79 Å². The van der Waals surface area contributed by atoms with E-state index in [2.05, 4.69) is 0 Å². The van der Waals surface area contributed by atoms with Gasteiger partial charge in [-0.05, 0) is 18.2 Å². The average Bonchev–Trinajstić information content (AvgIpc) is 2.28. The molecular formula is C12H18N2O2S. The number of nitrogens with zero attached hydrogens (tertiary/aromatic N) is 1. The molecule has 4 nitrogen and oxygen atoms in total. The lowest BCUT2D eigenvalue weighted by Gasteiger charge is -2.14. The van der Waals surface area contributed by atoms with E-state index in [4.69, 9.17) is 10.5 Å². The molecule has 1 amide bonds. The third-order valence-corrected chi connectivity index (χ3v) is 3.21. The minimum absolute atomic E-state index is 0.00934. The Morgan fingerprint density at radius 2 is 2.18 bits per heavy atom. The van der Waals surface area contributed by atoms with Crippen LogP contribution in [0.15, 0.2) is 23.1 Å². The van der Waals surface area contributed by atoms with Gasteiger partial charge in [-0.25, -0.2) is 0 Å². The first-order valence-corrected chi connectivity index (χ1v) is 6.27. The van der Waals surface area contributed by atoms with E-state index < -0.39 is 0 Å². The maximum atomic E-state index is 11.9. The van der Waals surface area contributed by atoms with Gasteiger partial charge in [-0.1, -0.05) is 0 Å². The fraction of sp³-hybridized carbons (Fsp3) is 0.417. The smallest absolute Gasteiger partial charge is 0.254 e. The summed E-state index contributed by atoms with van der Waals surface area (Å²) in [6.07, 6.45) is 0. The van der Waals surface area contributed by atoms with Crippen molar-refractivity contribution in [3.8, 4) is 0 Å². The summed E-state index contributed by atoms with van der Waals surface area (Å²) in [6, 6.07) is 5.35. The summed E-state index contributed by atoms with van der Waals surface area (Å²) in [4.78, 5) is 14.4. The van der Waals surface area contributed by atoms with Crippen LogP contribution >= 0.6 is 11.8 Å². The van der Waals surface area contributed by atoms with Crippen molar-refractivity contribution < 1.29 is 9.53 Å². The van der Waals surface area contributed by atoms with Gasteiger partial charge in [0.25, 0.3) is 5.91 Å². The van der Waals surface area contributed by atoms with Crippen LogP contribution in [0.3, 0.4) is 0 Å². The van der Waals surface area contributed by atoms with E-state index in [9.17, 15) is 4.79 Å². The molecule has 1 rings (SSSR count). The minimum atomic E-state index is -0.00934. The Labute approximate surface area is 106 Å². The zero-order valence-corrected chi connectivity index (χ0v) is 11.2. The molecule has 0 heterocycles. The summed E-state index contributed by atoms with van der Waals surface area (Å²) in [5.41, 5.74) is 7.09. The molecule has 0 unspecified atom stereocenters. The van der Waals surface area contributed by atoms with Crippen LogP contribution in [0.1, 0.15) is 10.4 Å². The van der Waals surface area contributed by atoms with Gasteiger partial charge in [-0.2, -0.15) is 0 Å². The number of carbonyl (C=O) groups is 1. The molecule has 94 valence electrons. The highest BCUT2D eigenvalue weighted by Gasteiger charge is 2.13. The number of anilines is 1. The molecule has 0 aromatic heterocycles. The summed E-state index contributed by atoms with van der Waals surface area (Å²) in [7, 11) is 5.14. The third kappa shape index (κ3) is 3.94. The van der Waals surface area contributed by atoms with E-state index in [1.807, 2.05) is 6.07 Å². The van der Waals surface area contributed by atoms with E-state index in [-0.39, 0.29) is 5.91 Å². The minimum Gasteiger partial charge on any atom is -0.399 e. The number of hydrogen-bond donors (Lipinski definition) is 1. The Morgan fingerprint density at radius 1 is 1.47 bits per heavy atom. The zero-order valence-electron chi connectivity index (χ0n) is 10.4. The first kappa shape index (κ1) is 13.9. The summed E-state index contributed by atoms with van der Waals surface area (Å²) in [5.74, 6) is 0.790. The number of hydrogen-bond acceptors (Lipinski definition) is 4. The molecule has 2 N–H and O–H groups in total. The molecule has 0 bridgehead atoms. The first-order chi connectivity index (χ1) is 8.06. The van der Waals surface area contributed by atoms with E-state index in [0.717, 1.165) is 10.6 Å². The molecule has 0 saturated carbocycles. The average molecular weight is 254 g/mol. The second kappa shape index (κ2) is 6.51. The number of benzene rings is 1. The SMILES string of the molecule is COCCSc1cc(N)ccc1C(=O)N(C)C. The highest BCUT2D eigenvalue weighted by Crippen LogP contribution is 2.25. The van der Waals surface area contributed by atoms with E-state index in [1.54, 1.807) is 50.0 Å².